The van der Waals surface area contributed by atoms with Crippen LogP contribution in [0.4, 0.5) is 5.69 Å². The van der Waals surface area contributed by atoms with Crippen LogP contribution in [0.2, 0.25) is 0 Å². The van der Waals surface area contributed by atoms with Crippen molar-refractivity contribution in [2.24, 2.45) is 0 Å². The topological polar surface area (TPSA) is 51.2 Å². The van der Waals surface area contributed by atoms with E-state index in [-0.39, 0.29) is 5.91 Å². The van der Waals surface area contributed by atoms with Gasteiger partial charge in [-0.05, 0) is 31.2 Å². The third-order valence-corrected chi connectivity index (χ3v) is 5.29. The van der Waals surface area contributed by atoms with Crippen LogP contribution in [0.15, 0.2) is 90.3 Å². The molecule has 0 aliphatic rings. The number of carbonyl (C=O) groups is 1. The Kier molecular flexibility index (Phi) is 5.68. The van der Waals surface area contributed by atoms with E-state index in [2.05, 4.69) is 17.4 Å². The molecule has 5 heteroatoms. The maximum Gasteiger partial charge on any atom is 0.265 e. The molecule has 0 saturated heterocycles. The van der Waals surface area contributed by atoms with E-state index in [4.69, 9.17) is 9.72 Å². The zero-order valence-electron chi connectivity index (χ0n) is 15.9. The van der Waals surface area contributed by atoms with Crippen LogP contribution in [0, 0.1) is 0 Å². The van der Waals surface area contributed by atoms with Crippen molar-refractivity contribution in [1.29, 1.82) is 0 Å². The number of hydrogen-bond donors (Lipinski definition) is 1. The summed E-state index contributed by atoms with van der Waals surface area (Å²) in [5.74, 6) is 0.477. The number of amides is 1. The maximum atomic E-state index is 12.4. The van der Waals surface area contributed by atoms with E-state index in [1.807, 2.05) is 78.2 Å². The molecule has 4 rings (SSSR count). The first-order chi connectivity index (χ1) is 14.2. The Morgan fingerprint density at radius 3 is 2.24 bits per heavy atom. The molecule has 3 aromatic carbocycles. The Hall–Kier alpha value is -3.44. The van der Waals surface area contributed by atoms with Gasteiger partial charge in [0.15, 0.2) is 6.10 Å². The number of rotatable bonds is 6. The van der Waals surface area contributed by atoms with Crippen molar-refractivity contribution < 1.29 is 9.53 Å². The number of nitrogens with zero attached hydrogens (tertiary/aromatic N) is 1. The fourth-order valence-electron chi connectivity index (χ4n) is 2.84. The van der Waals surface area contributed by atoms with Gasteiger partial charge in [0.1, 0.15) is 10.8 Å². The lowest BCUT2D eigenvalue weighted by molar-refractivity contribution is -0.122. The molecule has 1 amide bonds. The van der Waals surface area contributed by atoms with Gasteiger partial charge in [0.05, 0.1) is 5.69 Å². The number of para-hydroxylation sites is 1. The molecule has 29 heavy (non-hydrogen) atoms. The number of hydrogen-bond acceptors (Lipinski definition) is 4. The first kappa shape index (κ1) is 18.9. The predicted molar refractivity (Wildman–Crippen MR) is 118 cm³/mol. The summed E-state index contributed by atoms with van der Waals surface area (Å²) in [7, 11) is 0. The molecule has 0 fully saturated rings. The summed E-state index contributed by atoms with van der Waals surface area (Å²) < 4.78 is 5.67. The van der Waals surface area contributed by atoms with Crippen LogP contribution in [-0.2, 0) is 4.79 Å². The van der Waals surface area contributed by atoms with Gasteiger partial charge in [0, 0.05) is 22.2 Å². The summed E-state index contributed by atoms with van der Waals surface area (Å²) >= 11 is 1.62. The van der Waals surface area contributed by atoms with Gasteiger partial charge in [0.2, 0.25) is 0 Å². The van der Waals surface area contributed by atoms with Gasteiger partial charge in [0.25, 0.3) is 5.91 Å². The highest BCUT2D eigenvalue weighted by Crippen LogP contribution is 2.29. The second kappa shape index (κ2) is 8.71. The van der Waals surface area contributed by atoms with Gasteiger partial charge in [-0.3, -0.25) is 4.79 Å². The van der Waals surface area contributed by atoms with Gasteiger partial charge >= 0.3 is 0 Å². The van der Waals surface area contributed by atoms with Gasteiger partial charge in [-0.1, -0.05) is 60.7 Å². The van der Waals surface area contributed by atoms with Crippen LogP contribution >= 0.6 is 11.3 Å². The normalized spacial score (nSPS) is 11.6. The second-order valence-corrected chi connectivity index (χ2v) is 7.40. The smallest absolute Gasteiger partial charge is 0.265 e. The molecule has 0 spiro atoms. The first-order valence-electron chi connectivity index (χ1n) is 9.33. The van der Waals surface area contributed by atoms with Crippen molar-refractivity contribution in [1.82, 2.24) is 4.98 Å². The highest BCUT2D eigenvalue weighted by molar-refractivity contribution is 7.13. The summed E-state index contributed by atoms with van der Waals surface area (Å²) in [5.41, 5.74) is 3.77. The van der Waals surface area contributed by atoms with Crippen molar-refractivity contribution in [3.05, 3.63) is 90.3 Å². The summed E-state index contributed by atoms with van der Waals surface area (Å²) in [4.78, 5) is 17.1. The molecule has 0 radical (unpaired) electrons. The lowest BCUT2D eigenvalue weighted by Crippen LogP contribution is -2.30. The lowest BCUT2D eigenvalue weighted by Gasteiger charge is -2.14. The Balaban J connectivity index is 1.40. The van der Waals surface area contributed by atoms with E-state index in [1.54, 1.807) is 18.3 Å². The van der Waals surface area contributed by atoms with E-state index in [0.29, 0.717) is 5.75 Å². The van der Waals surface area contributed by atoms with Gasteiger partial charge in [-0.15, -0.1) is 11.3 Å². The van der Waals surface area contributed by atoms with Crippen molar-refractivity contribution >= 4 is 22.9 Å². The lowest BCUT2D eigenvalue weighted by atomic mass is 10.1. The maximum absolute atomic E-state index is 12.4. The van der Waals surface area contributed by atoms with Crippen LogP contribution < -0.4 is 10.1 Å². The molecule has 1 aromatic heterocycles. The van der Waals surface area contributed by atoms with Crippen molar-refractivity contribution in [2.45, 2.75) is 13.0 Å². The third kappa shape index (κ3) is 4.70. The van der Waals surface area contributed by atoms with E-state index in [1.165, 1.54) is 0 Å². The number of ether oxygens (including phenoxy) is 1. The van der Waals surface area contributed by atoms with Crippen LogP contribution in [0.3, 0.4) is 0 Å². The van der Waals surface area contributed by atoms with E-state index in [9.17, 15) is 4.79 Å². The molecule has 0 aliphatic carbocycles. The predicted octanol–water partition coefficient (Wildman–Crippen LogP) is 5.88. The van der Waals surface area contributed by atoms with Crippen LogP contribution in [-0.4, -0.2) is 17.0 Å². The average molecular weight is 401 g/mol. The molecule has 0 saturated carbocycles. The summed E-state index contributed by atoms with van der Waals surface area (Å²) in [6, 6.07) is 27.1. The molecule has 0 bridgehead atoms. The second-order valence-electron chi connectivity index (χ2n) is 6.54. The van der Waals surface area contributed by atoms with Gasteiger partial charge in [-0.2, -0.15) is 0 Å². The molecule has 0 aliphatic heterocycles. The zero-order chi connectivity index (χ0) is 20.1. The molecule has 4 nitrogen and oxygen atoms in total. The Morgan fingerprint density at radius 2 is 1.55 bits per heavy atom. The number of thiazole rings is 1. The first-order valence-corrected chi connectivity index (χ1v) is 10.2. The minimum Gasteiger partial charge on any atom is -0.481 e. The number of anilines is 1. The molecule has 1 unspecified atom stereocenters. The number of benzene rings is 3. The van der Waals surface area contributed by atoms with Gasteiger partial charge < -0.3 is 10.1 Å². The molecular formula is C24H20N2O2S. The van der Waals surface area contributed by atoms with E-state index in [0.717, 1.165) is 27.5 Å². The Morgan fingerprint density at radius 1 is 0.897 bits per heavy atom. The summed E-state index contributed by atoms with van der Waals surface area (Å²) in [6.45, 7) is 1.73. The van der Waals surface area contributed by atoms with Crippen molar-refractivity contribution in [2.75, 3.05) is 5.32 Å². The van der Waals surface area contributed by atoms with Crippen molar-refractivity contribution in [3.63, 3.8) is 0 Å². The minimum absolute atomic E-state index is 0.193. The molecular weight excluding hydrogens is 380 g/mol. The van der Waals surface area contributed by atoms with Gasteiger partial charge in [-0.25, -0.2) is 4.98 Å². The van der Waals surface area contributed by atoms with E-state index < -0.39 is 6.10 Å². The average Bonchev–Trinajstić information content (AvgIpc) is 3.26. The number of carbonyl (C=O) groups excluding carboxylic acids is 1. The van der Waals surface area contributed by atoms with Crippen molar-refractivity contribution in [3.8, 4) is 27.6 Å². The fraction of sp³-hybridized carbons (Fsp3) is 0.0833. The standard InChI is InChI=1S/C24H20N2O2S/c1-17(28-21-10-6-3-7-11-21)23(27)25-20-14-12-18(13-15-20)22-16-29-24(26-22)19-8-4-2-5-9-19/h2-17H,1H3,(H,25,27). The minimum atomic E-state index is -0.593. The highest BCUT2D eigenvalue weighted by atomic mass is 32.1. The summed E-state index contributed by atoms with van der Waals surface area (Å²) in [5, 5.41) is 5.93. The van der Waals surface area contributed by atoms with Crippen LogP contribution in [0.1, 0.15) is 6.92 Å². The summed E-state index contributed by atoms with van der Waals surface area (Å²) in [6.07, 6.45) is -0.593. The Labute approximate surface area is 173 Å². The fourth-order valence-corrected chi connectivity index (χ4v) is 3.68. The molecule has 1 atom stereocenters. The SMILES string of the molecule is CC(Oc1ccccc1)C(=O)Nc1ccc(-c2csc(-c3ccccc3)n2)cc1. The molecule has 144 valence electrons. The number of nitrogens with one attached hydrogen (secondary N) is 1. The van der Waals surface area contributed by atoms with Crippen LogP contribution in [0.5, 0.6) is 5.75 Å². The largest absolute Gasteiger partial charge is 0.481 e. The Bertz CT molecular complexity index is 1080. The zero-order valence-corrected chi connectivity index (χ0v) is 16.7. The highest BCUT2D eigenvalue weighted by Gasteiger charge is 2.15. The third-order valence-electron chi connectivity index (χ3n) is 4.40. The number of aromatic nitrogens is 1. The van der Waals surface area contributed by atoms with E-state index >= 15 is 0 Å². The monoisotopic (exact) mass is 400 g/mol. The molecule has 4 aromatic rings. The molecule has 1 N–H and O–H groups in total. The molecule has 1 heterocycles. The van der Waals surface area contributed by atoms with Crippen LogP contribution in [0.25, 0.3) is 21.8 Å². The quantitative estimate of drug-likeness (QED) is 0.439.